The monoisotopic (exact) mass is 265 g/mol. The molecule has 0 heterocycles. The van der Waals surface area contributed by atoms with Gasteiger partial charge in [-0.2, -0.15) is 0 Å². The number of rotatable bonds is 1. The molecule has 0 aromatic heterocycles. The molecule has 1 spiro atoms. The summed E-state index contributed by atoms with van der Waals surface area (Å²) in [4.78, 5) is 12.1. The van der Waals surface area contributed by atoms with Crippen molar-refractivity contribution >= 4 is 5.97 Å². The van der Waals surface area contributed by atoms with Gasteiger partial charge < -0.3 is 10.5 Å². The van der Waals surface area contributed by atoms with Crippen LogP contribution >= 0.6 is 0 Å². The molecule has 0 amide bonds. The molecule has 3 nitrogen and oxygen atoms in total. The third-order valence-corrected chi connectivity index (χ3v) is 4.79. The number of esters is 1. The third-order valence-electron chi connectivity index (χ3n) is 4.79. The molecule has 3 heteroatoms. The van der Waals surface area contributed by atoms with Crippen molar-refractivity contribution in [1.82, 2.24) is 0 Å². The normalized spacial score (nSPS) is 24.1. The lowest BCUT2D eigenvalue weighted by atomic mass is 9.88. The summed E-state index contributed by atoms with van der Waals surface area (Å²) in [6, 6.07) is 16.4. The lowest BCUT2D eigenvalue weighted by Gasteiger charge is -2.18. The topological polar surface area (TPSA) is 52.3 Å². The molecule has 2 aliphatic carbocycles. The highest BCUT2D eigenvalue weighted by Crippen LogP contribution is 2.67. The second kappa shape index (κ2) is 3.49. The van der Waals surface area contributed by atoms with Gasteiger partial charge in [0.1, 0.15) is 5.54 Å². The van der Waals surface area contributed by atoms with Crippen molar-refractivity contribution in [3.8, 4) is 11.1 Å². The summed E-state index contributed by atoms with van der Waals surface area (Å²) in [5, 5.41) is 0. The standard InChI is InChI=1S/C17H15NO2/c1-20-15(19)17(18)10-16(17)13-8-4-2-6-11(13)12-7-3-5-9-14(12)16/h2-9H,10,18H2,1H3/t17-/m1/s1. The van der Waals surface area contributed by atoms with E-state index in [-0.39, 0.29) is 5.97 Å². The van der Waals surface area contributed by atoms with Crippen molar-refractivity contribution in [3.63, 3.8) is 0 Å². The van der Waals surface area contributed by atoms with Gasteiger partial charge in [-0.3, -0.25) is 4.79 Å². The average Bonchev–Trinajstić information content (AvgIpc) is 3.05. The molecule has 100 valence electrons. The van der Waals surface area contributed by atoms with Gasteiger partial charge in [-0.15, -0.1) is 0 Å². The van der Waals surface area contributed by atoms with E-state index in [4.69, 9.17) is 10.5 Å². The molecule has 1 saturated carbocycles. The Morgan fingerprint density at radius 2 is 1.55 bits per heavy atom. The Morgan fingerprint density at radius 3 is 2.05 bits per heavy atom. The maximum absolute atomic E-state index is 12.1. The van der Waals surface area contributed by atoms with Crippen LogP contribution in [-0.2, 0) is 14.9 Å². The maximum Gasteiger partial charge on any atom is 0.327 e. The molecule has 2 N–H and O–H groups in total. The first kappa shape index (κ1) is 11.7. The van der Waals surface area contributed by atoms with Gasteiger partial charge in [0, 0.05) is 0 Å². The van der Waals surface area contributed by atoms with E-state index in [2.05, 4.69) is 24.3 Å². The number of hydrogen-bond acceptors (Lipinski definition) is 3. The minimum atomic E-state index is -0.940. The zero-order valence-corrected chi connectivity index (χ0v) is 11.2. The summed E-state index contributed by atoms with van der Waals surface area (Å²) in [5.74, 6) is -0.330. The molecule has 4 rings (SSSR count). The summed E-state index contributed by atoms with van der Waals surface area (Å²) in [5.41, 5.74) is 9.70. The van der Waals surface area contributed by atoms with E-state index >= 15 is 0 Å². The van der Waals surface area contributed by atoms with Gasteiger partial charge in [-0.25, -0.2) is 0 Å². The summed E-state index contributed by atoms with van der Waals surface area (Å²) >= 11 is 0. The number of benzene rings is 2. The molecular formula is C17H15NO2. The van der Waals surface area contributed by atoms with Crippen LogP contribution in [-0.4, -0.2) is 18.6 Å². The number of hydrogen-bond donors (Lipinski definition) is 1. The third kappa shape index (κ3) is 1.09. The van der Waals surface area contributed by atoms with E-state index in [1.165, 1.54) is 18.2 Å². The van der Waals surface area contributed by atoms with Gasteiger partial charge in [0.25, 0.3) is 0 Å². The van der Waals surface area contributed by atoms with Gasteiger partial charge in [0.05, 0.1) is 12.5 Å². The quantitative estimate of drug-likeness (QED) is 0.804. The first-order chi connectivity index (χ1) is 9.65. The van der Waals surface area contributed by atoms with Crippen molar-refractivity contribution < 1.29 is 9.53 Å². The molecular weight excluding hydrogens is 250 g/mol. The van der Waals surface area contributed by atoms with Crippen molar-refractivity contribution in [2.45, 2.75) is 17.4 Å². The molecule has 20 heavy (non-hydrogen) atoms. The van der Waals surface area contributed by atoms with Crippen LogP contribution in [0.2, 0.25) is 0 Å². The second-order valence-electron chi connectivity index (χ2n) is 5.64. The smallest absolute Gasteiger partial charge is 0.327 e. The molecule has 0 saturated heterocycles. The minimum absolute atomic E-state index is 0.330. The number of carbonyl (C=O) groups excluding carboxylic acids is 1. The summed E-state index contributed by atoms with van der Waals surface area (Å²) in [6.07, 6.45) is 0.612. The molecule has 0 aliphatic heterocycles. The predicted molar refractivity (Wildman–Crippen MR) is 76.2 cm³/mol. The van der Waals surface area contributed by atoms with Crippen LogP contribution in [0.3, 0.4) is 0 Å². The van der Waals surface area contributed by atoms with E-state index in [1.807, 2.05) is 24.3 Å². The zero-order chi connectivity index (χ0) is 14.0. The van der Waals surface area contributed by atoms with Gasteiger partial charge in [-0.05, 0) is 28.7 Å². The second-order valence-corrected chi connectivity index (χ2v) is 5.64. The summed E-state index contributed by atoms with van der Waals surface area (Å²) in [7, 11) is 1.40. The Labute approximate surface area is 117 Å². The predicted octanol–water partition coefficient (Wildman–Crippen LogP) is 2.23. The lowest BCUT2D eigenvalue weighted by Crippen LogP contribution is -2.42. The van der Waals surface area contributed by atoms with E-state index in [9.17, 15) is 4.79 Å². The van der Waals surface area contributed by atoms with Crippen molar-refractivity contribution in [2.24, 2.45) is 5.73 Å². The Kier molecular flexibility index (Phi) is 2.04. The van der Waals surface area contributed by atoms with Gasteiger partial charge >= 0.3 is 5.97 Å². The number of fused-ring (bicyclic) bond motifs is 5. The van der Waals surface area contributed by atoms with Crippen molar-refractivity contribution in [2.75, 3.05) is 7.11 Å². The minimum Gasteiger partial charge on any atom is -0.468 e. The van der Waals surface area contributed by atoms with Crippen LogP contribution in [0.4, 0.5) is 0 Å². The first-order valence-electron chi connectivity index (χ1n) is 6.72. The van der Waals surface area contributed by atoms with Crippen molar-refractivity contribution in [1.29, 1.82) is 0 Å². The lowest BCUT2D eigenvalue weighted by molar-refractivity contribution is -0.143. The van der Waals surface area contributed by atoms with Gasteiger partial charge in [-0.1, -0.05) is 48.5 Å². The molecule has 2 aromatic carbocycles. The highest BCUT2D eigenvalue weighted by molar-refractivity contribution is 5.96. The number of methoxy groups -OCH3 is 1. The largest absolute Gasteiger partial charge is 0.468 e. The van der Waals surface area contributed by atoms with E-state index in [1.54, 1.807) is 0 Å². The summed E-state index contributed by atoms with van der Waals surface area (Å²) < 4.78 is 4.93. The highest BCUT2D eigenvalue weighted by atomic mass is 16.5. The van der Waals surface area contributed by atoms with Crippen LogP contribution in [0.5, 0.6) is 0 Å². The van der Waals surface area contributed by atoms with Crippen LogP contribution in [0, 0.1) is 0 Å². The molecule has 0 radical (unpaired) electrons. The SMILES string of the molecule is COC(=O)[C@]1(N)CC12c1ccccc1-c1ccccc12. The fraction of sp³-hybridized carbons (Fsp3) is 0.235. The van der Waals surface area contributed by atoms with Crippen LogP contribution in [0.1, 0.15) is 17.5 Å². The van der Waals surface area contributed by atoms with E-state index < -0.39 is 11.0 Å². The number of ether oxygens (including phenoxy) is 1. The Bertz CT molecular complexity index is 692. The molecule has 1 atom stereocenters. The highest BCUT2D eigenvalue weighted by Gasteiger charge is 2.74. The average molecular weight is 265 g/mol. The number of carbonyl (C=O) groups is 1. The Hall–Kier alpha value is -2.13. The fourth-order valence-electron chi connectivity index (χ4n) is 3.80. The van der Waals surface area contributed by atoms with Crippen molar-refractivity contribution in [3.05, 3.63) is 59.7 Å². The maximum atomic E-state index is 12.1. The molecule has 2 aliphatic rings. The van der Waals surface area contributed by atoms with E-state index in [0.29, 0.717) is 6.42 Å². The van der Waals surface area contributed by atoms with Crippen LogP contribution < -0.4 is 5.73 Å². The molecule has 1 fully saturated rings. The molecule has 0 unspecified atom stereocenters. The van der Waals surface area contributed by atoms with Crippen LogP contribution in [0.15, 0.2) is 48.5 Å². The number of nitrogens with two attached hydrogens (primary N) is 1. The summed E-state index contributed by atoms with van der Waals surface area (Å²) in [6.45, 7) is 0. The van der Waals surface area contributed by atoms with Crippen LogP contribution in [0.25, 0.3) is 11.1 Å². The zero-order valence-electron chi connectivity index (χ0n) is 11.2. The molecule has 2 aromatic rings. The fourth-order valence-corrected chi connectivity index (χ4v) is 3.80. The first-order valence-corrected chi connectivity index (χ1v) is 6.72. The van der Waals surface area contributed by atoms with Gasteiger partial charge in [0.2, 0.25) is 0 Å². The molecule has 0 bridgehead atoms. The Morgan fingerprint density at radius 1 is 1.05 bits per heavy atom. The van der Waals surface area contributed by atoms with E-state index in [0.717, 1.165) is 11.1 Å². The van der Waals surface area contributed by atoms with Gasteiger partial charge in [0.15, 0.2) is 0 Å². The Balaban J connectivity index is 2.01.